The molecule has 3 aromatic rings. The molecule has 1 N–H and O–H groups in total. The maximum absolute atomic E-state index is 9.50. The average molecular weight is 486 g/mol. The van der Waals surface area contributed by atoms with Gasteiger partial charge in [0.2, 0.25) is 0 Å². The number of fused-ring (bicyclic) bond motifs is 1. The minimum atomic E-state index is 0.389. The lowest BCUT2D eigenvalue weighted by molar-refractivity contribution is 0.140. The van der Waals surface area contributed by atoms with Crippen molar-refractivity contribution in [3.8, 4) is 0 Å². The summed E-state index contributed by atoms with van der Waals surface area (Å²) in [5.41, 5.74) is 4.96. The molecule has 0 amide bonds. The Balaban J connectivity index is 0.000000647. The molecule has 3 aromatic heterocycles. The highest BCUT2D eigenvalue weighted by molar-refractivity contribution is 5.87. The van der Waals surface area contributed by atoms with Gasteiger partial charge < -0.3 is 9.88 Å². The van der Waals surface area contributed by atoms with E-state index in [4.69, 9.17) is 0 Å². The van der Waals surface area contributed by atoms with Crippen LogP contribution in [0.4, 0.5) is 10.2 Å². The number of rotatable bonds is 3. The molecule has 1 fully saturated rings. The van der Waals surface area contributed by atoms with Crippen molar-refractivity contribution >= 4 is 16.9 Å². The van der Waals surface area contributed by atoms with Crippen LogP contribution >= 0.6 is 0 Å². The fourth-order valence-corrected chi connectivity index (χ4v) is 4.48. The molecule has 0 spiro atoms. The van der Waals surface area contributed by atoms with Crippen LogP contribution in [0.5, 0.6) is 0 Å². The number of hydrogen-bond donors (Lipinski definition) is 1. The summed E-state index contributed by atoms with van der Waals surface area (Å²) in [5.74, 6) is 1.91. The Hall–Kier alpha value is -2.76. The molecule has 2 atom stereocenters. The van der Waals surface area contributed by atoms with Crippen LogP contribution in [0.2, 0.25) is 0 Å². The normalized spacial score (nSPS) is 18.5. The molecule has 1 aliphatic heterocycles. The number of aromatic amines is 1. The van der Waals surface area contributed by atoms with Gasteiger partial charge in [-0.25, -0.2) is 9.97 Å². The molecule has 0 radical (unpaired) electrons. The molecule has 0 bridgehead atoms. The van der Waals surface area contributed by atoms with Crippen molar-refractivity contribution in [1.29, 1.82) is 0 Å². The van der Waals surface area contributed by atoms with E-state index >= 15 is 0 Å². The van der Waals surface area contributed by atoms with Gasteiger partial charge in [-0.1, -0.05) is 47.1 Å². The minimum absolute atomic E-state index is 0.389. The summed E-state index contributed by atoms with van der Waals surface area (Å²) in [5, 5.41) is 1.14. The lowest BCUT2D eigenvalue weighted by Gasteiger charge is -2.46. The Bertz CT molecular complexity index is 971. The number of piperidine rings is 1. The lowest BCUT2D eigenvalue weighted by atomic mass is 9.69. The first-order valence-electron chi connectivity index (χ1n) is 12.7. The zero-order valence-corrected chi connectivity index (χ0v) is 23.6. The SMILES string of the molecule is C=C.CC.CCC1CCN(c2ncnc3[nH]ccc23)CC1(C)CC.CF.Cc1cnc(C)c(C)c1. The van der Waals surface area contributed by atoms with Gasteiger partial charge in [-0.3, -0.25) is 9.37 Å². The second-order valence-electron chi connectivity index (χ2n) is 8.68. The molecule has 2 unspecified atom stereocenters. The molecule has 1 saturated heterocycles. The largest absolute Gasteiger partial charge is 0.355 e. The first kappa shape index (κ1) is 32.2. The van der Waals surface area contributed by atoms with Gasteiger partial charge in [0.1, 0.15) is 17.8 Å². The molecule has 0 aromatic carbocycles. The van der Waals surface area contributed by atoms with Crippen molar-refractivity contribution in [2.24, 2.45) is 11.3 Å². The molecule has 4 heterocycles. The quantitative estimate of drug-likeness (QED) is 0.381. The molecule has 196 valence electrons. The van der Waals surface area contributed by atoms with Gasteiger partial charge in [0, 0.05) is 31.2 Å². The van der Waals surface area contributed by atoms with Gasteiger partial charge in [-0.05, 0) is 62.1 Å². The summed E-state index contributed by atoms with van der Waals surface area (Å²) in [4.78, 5) is 18.6. The van der Waals surface area contributed by atoms with Crippen LogP contribution in [0.1, 0.15) is 70.7 Å². The van der Waals surface area contributed by atoms with Crippen LogP contribution in [0.25, 0.3) is 11.0 Å². The van der Waals surface area contributed by atoms with Crippen LogP contribution < -0.4 is 4.90 Å². The Labute approximate surface area is 213 Å². The average Bonchev–Trinajstić information content (AvgIpc) is 3.39. The van der Waals surface area contributed by atoms with E-state index in [9.17, 15) is 4.39 Å². The summed E-state index contributed by atoms with van der Waals surface area (Å²) in [7, 11) is 0.500. The van der Waals surface area contributed by atoms with E-state index in [0.29, 0.717) is 12.6 Å². The summed E-state index contributed by atoms with van der Waals surface area (Å²) >= 11 is 0. The van der Waals surface area contributed by atoms with Crippen molar-refractivity contribution in [3.63, 3.8) is 0 Å². The van der Waals surface area contributed by atoms with Crippen LogP contribution in [0.15, 0.2) is 44.0 Å². The molecule has 0 aliphatic carbocycles. The fraction of sp³-hybridized carbons (Fsp3) is 0.552. The van der Waals surface area contributed by atoms with Gasteiger partial charge in [0.05, 0.1) is 12.6 Å². The van der Waals surface area contributed by atoms with E-state index < -0.39 is 0 Å². The van der Waals surface area contributed by atoms with Gasteiger partial charge in [0.25, 0.3) is 0 Å². The Kier molecular flexibility index (Phi) is 15.5. The van der Waals surface area contributed by atoms with Crippen LogP contribution in [0.3, 0.4) is 0 Å². The van der Waals surface area contributed by atoms with Crippen LogP contribution in [-0.4, -0.2) is 40.2 Å². The highest BCUT2D eigenvalue weighted by atomic mass is 19.1. The fourth-order valence-electron chi connectivity index (χ4n) is 4.48. The number of anilines is 1. The van der Waals surface area contributed by atoms with E-state index in [-0.39, 0.29) is 0 Å². The molecule has 35 heavy (non-hydrogen) atoms. The summed E-state index contributed by atoms with van der Waals surface area (Å²) in [6, 6.07) is 4.22. The number of halogens is 1. The smallest absolute Gasteiger partial charge is 0.142 e. The topological polar surface area (TPSA) is 57.7 Å². The number of hydrogen-bond acceptors (Lipinski definition) is 4. The van der Waals surface area contributed by atoms with Crippen molar-refractivity contribution in [3.05, 3.63) is 60.8 Å². The molecule has 0 saturated carbocycles. The van der Waals surface area contributed by atoms with Crippen molar-refractivity contribution in [1.82, 2.24) is 19.9 Å². The Morgan fingerprint density at radius 2 is 1.77 bits per heavy atom. The maximum Gasteiger partial charge on any atom is 0.142 e. The first-order valence-corrected chi connectivity index (χ1v) is 12.7. The minimum Gasteiger partial charge on any atom is -0.355 e. The van der Waals surface area contributed by atoms with E-state index in [0.717, 1.165) is 41.6 Å². The Morgan fingerprint density at radius 3 is 2.31 bits per heavy atom. The first-order chi connectivity index (χ1) is 16.9. The van der Waals surface area contributed by atoms with Gasteiger partial charge in [-0.2, -0.15) is 0 Å². The van der Waals surface area contributed by atoms with Gasteiger partial charge >= 0.3 is 0 Å². The molecular weight excluding hydrogens is 437 g/mol. The van der Waals surface area contributed by atoms with Crippen molar-refractivity contribution < 1.29 is 4.39 Å². The van der Waals surface area contributed by atoms with E-state index in [1.165, 1.54) is 30.4 Å². The number of nitrogens with zero attached hydrogens (tertiary/aromatic N) is 4. The third kappa shape index (κ3) is 8.75. The van der Waals surface area contributed by atoms with Crippen molar-refractivity contribution in [2.75, 3.05) is 25.2 Å². The number of pyridine rings is 1. The monoisotopic (exact) mass is 485 g/mol. The number of aryl methyl sites for hydroxylation is 3. The zero-order chi connectivity index (χ0) is 27.0. The number of nitrogens with one attached hydrogen (secondary N) is 1. The standard InChI is InChI=1S/C16H24N4.C8H11N.C2H6.C2H4.CH3F/c1-4-12-7-9-20(10-16(12,3)5-2)15-13-6-8-17-14(13)18-11-19-15;1-6-4-7(2)8(3)9-5-6;3*1-2/h6,8,11-12H,4-5,7,9-10H2,1-3H3,(H,17,18,19);4-5H,1-3H3;1-2H3;1-2H2;1H3. The second-order valence-corrected chi connectivity index (χ2v) is 8.68. The van der Waals surface area contributed by atoms with Gasteiger partial charge in [0.15, 0.2) is 0 Å². The third-order valence-electron chi connectivity index (χ3n) is 6.69. The second kappa shape index (κ2) is 16.8. The van der Waals surface area contributed by atoms with E-state index in [2.05, 4.69) is 84.7 Å². The van der Waals surface area contributed by atoms with Crippen LogP contribution in [0, 0.1) is 32.1 Å². The molecular formula is C29H48FN5. The maximum atomic E-state index is 9.50. The number of alkyl halides is 1. The Morgan fingerprint density at radius 1 is 1.11 bits per heavy atom. The van der Waals surface area contributed by atoms with E-state index in [1.54, 1.807) is 6.33 Å². The summed E-state index contributed by atoms with van der Waals surface area (Å²) in [6.07, 6.45) is 9.27. The summed E-state index contributed by atoms with van der Waals surface area (Å²) in [6.45, 7) is 25.4. The predicted molar refractivity (Wildman–Crippen MR) is 151 cm³/mol. The lowest BCUT2D eigenvalue weighted by Crippen LogP contribution is -2.47. The highest BCUT2D eigenvalue weighted by Gasteiger charge is 2.37. The molecule has 5 nitrogen and oxygen atoms in total. The third-order valence-corrected chi connectivity index (χ3v) is 6.69. The molecule has 6 heteroatoms. The highest BCUT2D eigenvalue weighted by Crippen LogP contribution is 2.41. The molecule has 4 rings (SSSR count). The van der Waals surface area contributed by atoms with Crippen molar-refractivity contribution in [2.45, 2.75) is 74.7 Å². The number of H-pyrrole nitrogens is 1. The van der Waals surface area contributed by atoms with E-state index in [1.807, 2.05) is 33.2 Å². The van der Waals surface area contributed by atoms with Gasteiger partial charge in [-0.15, -0.1) is 13.2 Å². The number of aromatic nitrogens is 4. The summed E-state index contributed by atoms with van der Waals surface area (Å²) < 4.78 is 9.50. The zero-order valence-electron chi connectivity index (χ0n) is 23.6. The predicted octanol–water partition coefficient (Wildman–Crippen LogP) is 8.03. The molecule has 1 aliphatic rings. The van der Waals surface area contributed by atoms with Crippen LogP contribution in [-0.2, 0) is 0 Å².